The molecule has 0 aliphatic carbocycles. The second-order valence-corrected chi connectivity index (χ2v) is 10.9. The lowest BCUT2D eigenvalue weighted by atomic mass is 9.93. The first-order chi connectivity index (χ1) is 20.6. The molecule has 17 heteroatoms. The van der Waals surface area contributed by atoms with Crippen molar-refractivity contribution in [3.63, 3.8) is 0 Å². The molecule has 0 saturated carbocycles. The fourth-order valence-electron chi connectivity index (χ4n) is 3.61. The van der Waals surface area contributed by atoms with Gasteiger partial charge in [-0.3, -0.25) is 0 Å². The van der Waals surface area contributed by atoms with Gasteiger partial charge < -0.3 is 9.47 Å². The summed E-state index contributed by atoms with van der Waals surface area (Å²) >= 11 is 0.289. The average Bonchev–Trinajstić information content (AvgIpc) is 2.95. The molecule has 2 aromatic carbocycles. The molecule has 0 saturated heterocycles. The zero-order valence-corrected chi connectivity index (χ0v) is 24.1. The van der Waals surface area contributed by atoms with Gasteiger partial charge in [-0.05, 0) is 55.0 Å². The van der Waals surface area contributed by atoms with Crippen molar-refractivity contribution in [3.8, 4) is 11.5 Å². The highest BCUT2D eigenvalue weighted by atomic mass is 32.2. The Balaban J connectivity index is 1.95. The summed E-state index contributed by atoms with van der Waals surface area (Å²) in [5, 5.41) is 0. The molecule has 2 rings (SSSR count). The van der Waals surface area contributed by atoms with Crippen molar-refractivity contribution in [3.05, 3.63) is 54.1 Å². The van der Waals surface area contributed by atoms with E-state index in [1.165, 1.54) is 12.1 Å². The molecule has 0 aliphatic heterocycles. The molecule has 0 aliphatic rings. The molecule has 45 heavy (non-hydrogen) atoms. The third-order valence-electron chi connectivity index (χ3n) is 6.32. The summed E-state index contributed by atoms with van der Waals surface area (Å²) in [4.78, 5) is 12.4. The molecular formula is C28H27F13O3S. The van der Waals surface area contributed by atoms with Crippen molar-refractivity contribution < 1.29 is 71.3 Å². The molecule has 2 aromatic rings. The van der Waals surface area contributed by atoms with E-state index in [-0.39, 0.29) is 28.0 Å². The lowest BCUT2D eigenvalue weighted by Crippen LogP contribution is -2.70. The largest absolute Gasteiger partial charge is 0.494 e. The van der Waals surface area contributed by atoms with Crippen molar-refractivity contribution in [1.82, 2.24) is 0 Å². The Morgan fingerprint density at radius 1 is 0.644 bits per heavy atom. The van der Waals surface area contributed by atoms with Gasteiger partial charge in [0.15, 0.2) is 0 Å². The predicted octanol–water partition coefficient (Wildman–Crippen LogP) is 10.5. The number of hydrogen-bond donors (Lipinski definition) is 0. The Bertz CT molecular complexity index is 1230. The van der Waals surface area contributed by atoms with Crippen LogP contribution in [0.4, 0.5) is 57.1 Å². The highest BCUT2D eigenvalue weighted by Gasteiger charge is 2.90. The lowest BCUT2D eigenvalue weighted by molar-refractivity contribution is -0.439. The summed E-state index contributed by atoms with van der Waals surface area (Å²) in [6.45, 7) is 2.61. The van der Waals surface area contributed by atoms with Crippen LogP contribution < -0.4 is 9.47 Å². The number of benzene rings is 2. The molecule has 0 bridgehead atoms. The number of unbranched alkanes of at least 4 members (excludes halogenated alkanes) is 4. The summed E-state index contributed by atoms with van der Waals surface area (Å²) in [7, 11) is 0. The minimum Gasteiger partial charge on any atom is -0.494 e. The van der Waals surface area contributed by atoms with Crippen LogP contribution in [0.1, 0.15) is 55.8 Å². The molecule has 0 radical (unpaired) electrons. The number of carbonyl (C=O) groups excluding carboxylic acids is 1. The average molecular weight is 691 g/mol. The third kappa shape index (κ3) is 8.70. The fraction of sp³-hybridized carbons (Fsp3) is 0.536. The molecule has 0 heterocycles. The van der Waals surface area contributed by atoms with E-state index in [1.54, 1.807) is 12.1 Å². The van der Waals surface area contributed by atoms with Crippen LogP contribution in [0.3, 0.4) is 0 Å². The number of carbonyl (C=O) groups is 1. The highest BCUT2D eigenvalue weighted by molar-refractivity contribution is 7.99. The maximum Gasteiger partial charge on any atom is 0.460 e. The Hall–Kier alpha value is -2.85. The molecule has 0 N–H and O–H groups in total. The number of thioether (sulfide) groups is 1. The number of esters is 1. The summed E-state index contributed by atoms with van der Waals surface area (Å²) in [5.41, 5.74) is -0.0592. The van der Waals surface area contributed by atoms with Crippen LogP contribution in [0.25, 0.3) is 0 Å². The number of alkyl halides is 13. The highest BCUT2D eigenvalue weighted by Crippen LogP contribution is 2.60. The van der Waals surface area contributed by atoms with E-state index in [9.17, 15) is 61.9 Å². The lowest BCUT2D eigenvalue weighted by Gasteiger charge is -2.39. The van der Waals surface area contributed by atoms with Gasteiger partial charge >= 0.3 is 41.8 Å². The zero-order valence-electron chi connectivity index (χ0n) is 23.3. The van der Waals surface area contributed by atoms with Crippen molar-refractivity contribution in [1.29, 1.82) is 0 Å². The first kappa shape index (κ1) is 38.3. The number of halogens is 13. The maximum atomic E-state index is 14.0. The smallest absolute Gasteiger partial charge is 0.460 e. The number of rotatable bonds is 17. The van der Waals surface area contributed by atoms with Gasteiger partial charge in [0.05, 0.1) is 12.2 Å². The summed E-state index contributed by atoms with van der Waals surface area (Å²) in [6, 6.07) is 10.6. The topological polar surface area (TPSA) is 35.5 Å². The Morgan fingerprint density at radius 2 is 1.16 bits per heavy atom. The van der Waals surface area contributed by atoms with Gasteiger partial charge in [0.25, 0.3) is 0 Å². The fourth-order valence-corrected chi connectivity index (χ4v) is 4.53. The van der Waals surface area contributed by atoms with Gasteiger partial charge in [0.1, 0.15) is 11.5 Å². The van der Waals surface area contributed by atoms with Crippen LogP contribution in [0.15, 0.2) is 53.4 Å². The van der Waals surface area contributed by atoms with E-state index in [0.29, 0.717) is 12.4 Å². The number of hydrogen-bond acceptors (Lipinski definition) is 4. The first-order valence-corrected chi connectivity index (χ1v) is 14.2. The van der Waals surface area contributed by atoms with Crippen molar-refractivity contribution >= 4 is 17.7 Å². The Labute approximate surface area is 253 Å². The Morgan fingerprint density at radius 3 is 1.69 bits per heavy atom. The molecular weight excluding hydrogens is 663 g/mol. The zero-order chi connectivity index (χ0) is 34.3. The van der Waals surface area contributed by atoms with Gasteiger partial charge in [0.2, 0.25) is 0 Å². The molecule has 0 aromatic heterocycles. The van der Waals surface area contributed by atoms with E-state index in [4.69, 9.17) is 9.47 Å². The second kappa shape index (κ2) is 14.7. The number of ether oxygens (including phenoxy) is 2. The Kier molecular flexibility index (Phi) is 12.5. The van der Waals surface area contributed by atoms with E-state index in [2.05, 4.69) is 6.92 Å². The molecule has 0 unspecified atom stereocenters. The van der Waals surface area contributed by atoms with E-state index in [1.807, 2.05) is 0 Å². The molecule has 0 amide bonds. The first-order valence-electron chi connectivity index (χ1n) is 13.3. The summed E-state index contributed by atoms with van der Waals surface area (Å²) in [5.74, 6) is -38.3. The standard InChI is InChI=1S/C28H27F13O3S/c1-2-3-4-5-6-16-43-19-9-11-20(12-10-19)44-22(42)18-7-13-21(14-8-18)45-17-15-23(29,30)24(31,32)25(33,34)26(35,36)27(37,38)28(39,40)41/h7-14H,2-6,15-17H2,1H3. The van der Waals surface area contributed by atoms with Crippen LogP contribution in [-0.4, -0.2) is 54.1 Å². The SMILES string of the molecule is CCCCCCCOc1ccc(OC(=O)c2ccc(SCCC(F)(F)C(F)(F)C(F)(F)C(F)(F)C(F)(F)C(F)(F)F)cc2)cc1. The predicted molar refractivity (Wildman–Crippen MR) is 138 cm³/mol. The van der Waals surface area contributed by atoms with Gasteiger partial charge in [-0.1, -0.05) is 32.6 Å². The maximum absolute atomic E-state index is 14.0. The van der Waals surface area contributed by atoms with Gasteiger partial charge in [-0.2, -0.15) is 57.1 Å². The van der Waals surface area contributed by atoms with E-state index in [0.717, 1.165) is 56.4 Å². The van der Waals surface area contributed by atoms with Gasteiger partial charge in [-0.25, -0.2) is 4.79 Å². The van der Waals surface area contributed by atoms with E-state index < -0.39 is 53.9 Å². The second-order valence-electron chi connectivity index (χ2n) is 9.75. The normalized spacial score (nSPS) is 13.6. The minimum atomic E-state index is -7.92. The molecule has 3 nitrogen and oxygen atoms in total. The molecule has 0 fully saturated rings. The third-order valence-corrected chi connectivity index (χ3v) is 7.34. The molecule has 254 valence electrons. The molecule has 0 spiro atoms. The van der Waals surface area contributed by atoms with Gasteiger partial charge in [0, 0.05) is 17.1 Å². The van der Waals surface area contributed by atoms with Crippen LogP contribution in [-0.2, 0) is 0 Å². The van der Waals surface area contributed by atoms with Crippen molar-refractivity contribution in [2.75, 3.05) is 12.4 Å². The van der Waals surface area contributed by atoms with Crippen LogP contribution in [0.2, 0.25) is 0 Å². The van der Waals surface area contributed by atoms with Crippen LogP contribution in [0.5, 0.6) is 11.5 Å². The van der Waals surface area contributed by atoms with Crippen LogP contribution in [0, 0.1) is 0 Å². The minimum absolute atomic E-state index is 0.0115. The van der Waals surface area contributed by atoms with Crippen LogP contribution >= 0.6 is 11.8 Å². The van der Waals surface area contributed by atoms with Crippen molar-refractivity contribution in [2.45, 2.75) is 86.1 Å². The van der Waals surface area contributed by atoms with Gasteiger partial charge in [-0.15, -0.1) is 11.8 Å². The van der Waals surface area contributed by atoms with Crippen molar-refractivity contribution in [2.24, 2.45) is 0 Å². The molecule has 0 atom stereocenters. The van der Waals surface area contributed by atoms with E-state index >= 15 is 0 Å². The quantitative estimate of drug-likeness (QED) is 0.0544. The summed E-state index contributed by atoms with van der Waals surface area (Å²) in [6.07, 6.45) is -4.50. The summed E-state index contributed by atoms with van der Waals surface area (Å²) < 4.78 is 183. The monoisotopic (exact) mass is 690 g/mol.